The Hall–Kier alpha value is 0. The van der Waals surface area contributed by atoms with Gasteiger partial charge >= 0.3 is 0 Å². The van der Waals surface area contributed by atoms with Crippen LogP contribution >= 0.6 is 0 Å². The van der Waals surface area contributed by atoms with Crippen LogP contribution in [-0.2, 0) is 0 Å². The molecule has 27 heavy (non-hydrogen) atoms. The van der Waals surface area contributed by atoms with Gasteiger partial charge in [0.1, 0.15) is 0 Å². The summed E-state index contributed by atoms with van der Waals surface area (Å²) < 4.78 is 0. The molecule has 0 nitrogen and oxygen atoms in total. The molecule has 0 heterocycles. The van der Waals surface area contributed by atoms with Gasteiger partial charge in [0.2, 0.25) is 0 Å². The summed E-state index contributed by atoms with van der Waals surface area (Å²) in [6, 6.07) is 0. The van der Waals surface area contributed by atoms with Crippen molar-refractivity contribution in [2.24, 2.45) is 53.3 Å². The number of hydrogen-bond donors (Lipinski definition) is 0. The Bertz CT molecular complexity index is 370. The summed E-state index contributed by atoms with van der Waals surface area (Å²) in [5.41, 5.74) is 0. The Kier molecular flexibility index (Phi) is 11.6. The summed E-state index contributed by atoms with van der Waals surface area (Å²) in [4.78, 5) is 0. The minimum atomic E-state index is 0.829. The molecule has 162 valence electrons. The summed E-state index contributed by atoms with van der Waals surface area (Å²) in [6.07, 6.45) is 12.9. The molecule has 1 aliphatic rings. The smallest absolute Gasteiger partial charge is 0.0360 e. The summed E-state index contributed by atoms with van der Waals surface area (Å²) in [5.74, 6) is 8.16. The second-order valence-electron chi connectivity index (χ2n) is 11.0. The zero-order valence-corrected chi connectivity index (χ0v) is 20.6. The third kappa shape index (κ3) is 7.74. The molecule has 1 saturated carbocycles. The first-order valence-corrected chi connectivity index (χ1v) is 12.7. The first-order valence-electron chi connectivity index (χ1n) is 12.7. The van der Waals surface area contributed by atoms with E-state index < -0.39 is 0 Å². The molecule has 0 aliphatic heterocycles. The molecule has 8 atom stereocenters. The molecule has 0 aromatic carbocycles. The highest BCUT2D eigenvalue weighted by molar-refractivity contribution is 4.84. The van der Waals surface area contributed by atoms with Crippen molar-refractivity contribution in [1.29, 1.82) is 0 Å². The summed E-state index contributed by atoms with van der Waals surface area (Å²) in [5, 5.41) is 0. The fourth-order valence-corrected chi connectivity index (χ4v) is 6.33. The molecule has 0 saturated heterocycles. The summed E-state index contributed by atoms with van der Waals surface area (Å²) in [7, 11) is 0. The molecule has 0 heteroatoms. The van der Waals surface area contributed by atoms with Crippen LogP contribution < -0.4 is 0 Å². The predicted octanol–water partition coefficient (Wildman–Crippen LogP) is 9.24. The topological polar surface area (TPSA) is 0 Å². The van der Waals surface area contributed by atoms with E-state index in [-0.39, 0.29) is 0 Å². The highest BCUT2D eigenvalue weighted by Crippen LogP contribution is 2.43. The lowest BCUT2D eigenvalue weighted by molar-refractivity contribution is 0.0972. The van der Waals surface area contributed by atoms with Crippen molar-refractivity contribution in [3.05, 3.63) is 0 Å². The first kappa shape index (κ1) is 25.0. The van der Waals surface area contributed by atoms with Crippen LogP contribution in [0.25, 0.3) is 0 Å². The minimum absolute atomic E-state index is 0.829. The van der Waals surface area contributed by atoms with Crippen LogP contribution in [0.5, 0.6) is 0 Å². The predicted molar refractivity (Wildman–Crippen MR) is 124 cm³/mol. The fraction of sp³-hybridized carbons (Fsp3) is 1.00. The van der Waals surface area contributed by atoms with Gasteiger partial charge in [-0.1, -0.05) is 94.4 Å². The van der Waals surface area contributed by atoms with Crippen LogP contribution in [-0.4, -0.2) is 0 Å². The van der Waals surface area contributed by atoms with E-state index in [0.717, 1.165) is 53.3 Å². The third-order valence-corrected chi connectivity index (χ3v) is 8.70. The molecule has 0 N–H and O–H groups in total. The average molecular weight is 379 g/mol. The molecule has 1 fully saturated rings. The van der Waals surface area contributed by atoms with E-state index in [1.165, 1.54) is 57.8 Å². The van der Waals surface area contributed by atoms with E-state index in [1.807, 2.05) is 0 Å². The monoisotopic (exact) mass is 378 g/mol. The van der Waals surface area contributed by atoms with Gasteiger partial charge in [-0.15, -0.1) is 0 Å². The normalized spacial score (nSPS) is 35.8. The quantitative estimate of drug-likeness (QED) is 0.394. The second kappa shape index (κ2) is 12.5. The van der Waals surface area contributed by atoms with E-state index in [9.17, 15) is 0 Å². The Morgan fingerprint density at radius 1 is 0.852 bits per heavy atom. The molecular formula is C27H54. The molecular weight excluding hydrogens is 324 g/mol. The highest BCUT2D eigenvalue weighted by Gasteiger charge is 2.33. The zero-order chi connectivity index (χ0) is 20.6. The van der Waals surface area contributed by atoms with E-state index in [2.05, 4.69) is 62.3 Å². The highest BCUT2D eigenvalue weighted by atomic mass is 14.4. The van der Waals surface area contributed by atoms with Gasteiger partial charge in [-0.2, -0.15) is 0 Å². The Morgan fingerprint density at radius 2 is 1.52 bits per heavy atom. The van der Waals surface area contributed by atoms with Crippen molar-refractivity contribution in [2.45, 2.75) is 120 Å². The molecule has 1 aliphatic carbocycles. The van der Waals surface area contributed by atoms with Crippen LogP contribution in [0.15, 0.2) is 0 Å². The summed E-state index contributed by atoms with van der Waals surface area (Å²) in [6.45, 7) is 22.5. The van der Waals surface area contributed by atoms with Gasteiger partial charge in [0, 0.05) is 0 Å². The molecule has 0 amide bonds. The van der Waals surface area contributed by atoms with E-state index in [0.29, 0.717) is 0 Å². The van der Waals surface area contributed by atoms with E-state index in [1.54, 1.807) is 0 Å². The van der Waals surface area contributed by atoms with Gasteiger partial charge in [-0.25, -0.2) is 0 Å². The van der Waals surface area contributed by atoms with Crippen molar-refractivity contribution >= 4 is 0 Å². The largest absolute Gasteiger partial charge is 0.0654 e. The lowest BCUT2D eigenvalue weighted by Crippen LogP contribution is -2.31. The molecule has 0 radical (unpaired) electrons. The average Bonchev–Trinajstić information content (AvgIpc) is 2.63. The second-order valence-corrected chi connectivity index (χ2v) is 11.0. The van der Waals surface area contributed by atoms with Crippen LogP contribution in [0.4, 0.5) is 0 Å². The molecule has 0 aromatic heterocycles. The van der Waals surface area contributed by atoms with E-state index in [4.69, 9.17) is 0 Å². The Balaban J connectivity index is 3.00. The lowest BCUT2D eigenvalue weighted by atomic mass is 9.65. The molecule has 8 unspecified atom stereocenters. The van der Waals surface area contributed by atoms with Gasteiger partial charge < -0.3 is 0 Å². The maximum absolute atomic E-state index is 2.61. The standard InChI is InChI=1S/C27H54/c1-10-13-25(21(7)11-2)18-26-16-20(6)14-15-24(12-3)23(9)27(19(4)5)17-22(26)8/h19-27H,10-18H2,1-9H3. The third-order valence-electron chi connectivity index (χ3n) is 8.70. The van der Waals surface area contributed by atoms with Gasteiger partial charge in [-0.3, -0.25) is 0 Å². The molecule has 0 spiro atoms. The van der Waals surface area contributed by atoms with Crippen molar-refractivity contribution in [3.63, 3.8) is 0 Å². The number of rotatable bonds is 8. The maximum Gasteiger partial charge on any atom is -0.0360 e. The van der Waals surface area contributed by atoms with Crippen molar-refractivity contribution < 1.29 is 0 Å². The molecule has 0 bridgehead atoms. The van der Waals surface area contributed by atoms with Gasteiger partial charge in [0.05, 0.1) is 0 Å². The Labute approximate surface area is 173 Å². The van der Waals surface area contributed by atoms with E-state index >= 15 is 0 Å². The minimum Gasteiger partial charge on any atom is -0.0654 e. The van der Waals surface area contributed by atoms with Crippen LogP contribution in [0, 0.1) is 53.3 Å². The van der Waals surface area contributed by atoms with Gasteiger partial charge in [0.25, 0.3) is 0 Å². The van der Waals surface area contributed by atoms with Crippen molar-refractivity contribution in [2.75, 3.05) is 0 Å². The Morgan fingerprint density at radius 3 is 2.04 bits per heavy atom. The van der Waals surface area contributed by atoms with Gasteiger partial charge in [0.15, 0.2) is 0 Å². The molecule has 0 aromatic rings. The van der Waals surface area contributed by atoms with Gasteiger partial charge in [-0.05, 0) is 78.9 Å². The SMILES string of the molecule is CCCC(CC1CC(C)CCC(CC)C(C)C(C(C)C)CC1C)C(C)CC. The summed E-state index contributed by atoms with van der Waals surface area (Å²) >= 11 is 0. The fourth-order valence-electron chi connectivity index (χ4n) is 6.33. The van der Waals surface area contributed by atoms with Crippen molar-refractivity contribution in [1.82, 2.24) is 0 Å². The zero-order valence-electron chi connectivity index (χ0n) is 20.6. The van der Waals surface area contributed by atoms with Crippen LogP contribution in [0.2, 0.25) is 0 Å². The first-order chi connectivity index (χ1) is 12.7. The maximum atomic E-state index is 2.61. The molecule has 1 rings (SSSR count). The lowest BCUT2D eigenvalue weighted by Gasteiger charge is -2.40. The number of hydrogen-bond acceptors (Lipinski definition) is 0. The van der Waals surface area contributed by atoms with Crippen molar-refractivity contribution in [3.8, 4) is 0 Å². The van der Waals surface area contributed by atoms with Crippen LogP contribution in [0.1, 0.15) is 120 Å². The van der Waals surface area contributed by atoms with Crippen LogP contribution in [0.3, 0.4) is 0 Å².